The largest absolute Gasteiger partial charge is 0.354 e. The van der Waals surface area contributed by atoms with E-state index < -0.39 is 0 Å². The van der Waals surface area contributed by atoms with Gasteiger partial charge in [0.05, 0.1) is 0 Å². The molecular formula is C14H26N4O. The molecule has 0 radical (unpaired) electrons. The van der Waals surface area contributed by atoms with E-state index in [1.807, 2.05) is 25.8 Å². The minimum absolute atomic E-state index is 0.0242. The first-order valence-corrected chi connectivity index (χ1v) is 6.92. The van der Waals surface area contributed by atoms with Gasteiger partial charge in [-0.3, -0.25) is 4.79 Å². The molecule has 0 saturated heterocycles. The van der Waals surface area contributed by atoms with Gasteiger partial charge in [-0.2, -0.15) is 0 Å². The molecule has 0 amide bonds. The number of hydrogen-bond acceptors (Lipinski definition) is 4. The van der Waals surface area contributed by atoms with E-state index in [-0.39, 0.29) is 11.6 Å². The third-order valence-electron chi connectivity index (χ3n) is 2.94. The molecule has 5 nitrogen and oxygen atoms in total. The smallest absolute Gasteiger partial charge is 0.293 e. The third kappa shape index (κ3) is 4.67. The molecule has 0 bridgehead atoms. The lowest BCUT2D eigenvalue weighted by Gasteiger charge is -2.20. The van der Waals surface area contributed by atoms with E-state index in [2.05, 4.69) is 24.1 Å². The van der Waals surface area contributed by atoms with Gasteiger partial charge in [-0.15, -0.1) is 0 Å². The van der Waals surface area contributed by atoms with Crippen molar-refractivity contribution in [3.8, 4) is 0 Å². The van der Waals surface area contributed by atoms with Crippen LogP contribution < -0.4 is 15.8 Å². The monoisotopic (exact) mass is 266 g/mol. The zero-order valence-corrected chi connectivity index (χ0v) is 12.7. The predicted octanol–water partition coefficient (Wildman–Crippen LogP) is 1.51. The Bertz CT molecular complexity index is 439. The first kappa shape index (κ1) is 15.7. The highest BCUT2D eigenvalue weighted by Gasteiger charge is 2.11. The Morgan fingerprint density at radius 3 is 2.63 bits per heavy atom. The van der Waals surface area contributed by atoms with Gasteiger partial charge in [0, 0.05) is 38.6 Å². The van der Waals surface area contributed by atoms with Gasteiger partial charge < -0.3 is 14.8 Å². The van der Waals surface area contributed by atoms with E-state index in [0.717, 1.165) is 19.6 Å². The van der Waals surface area contributed by atoms with Crippen LogP contribution >= 0.6 is 0 Å². The molecule has 1 heterocycles. The SMILES string of the molecule is CC(C)CNCCN(C)c1nccn(C(C)C)c1=O. The third-order valence-corrected chi connectivity index (χ3v) is 2.94. The zero-order valence-electron chi connectivity index (χ0n) is 12.7. The topological polar surface area (TPSA) is 50.2 Å². The summed E-state index contributed by atoms with van der Waals surface area (Å²) < 4.78 is 1.71. The minimum Gasteiger partial charge on any atom is -0.354 e. The van der Waals surface area contributed by atoms with Crippen molar-refractivity contribution in [2.75, 3.05) is 31.6 Å². The van der Waals surface area contributed by atoms with Gasteiger partial charge >= 0.3 is 0 Å². The van der Waals surface area contributed by atoms with Gasteiger partial charge in [0.2, 0.25) is 0 Å². The Kier molecular flexibility index (Phi) is 6.02. The van der Waals surface area contributed by atoms with Crippen LogP contribution in [0.4, 0.5) is 5.82 Å². The summed E-state index contributed by atoms with van der Waals surface area (Å²) in [5.41, 5.74) is -0.0242. The van der Waals surface area contributed by atoms with Crippen molar-refractivity contribution in [1.29, 1.82) is 0 Å². The van der Waals surface area contributed by atoms with E-state index in [9.17, 15) is 4.79 Å². The van der Waals surface area contributed by atoms with E-state index in [1.165, 1.54) is 0 Å². The van der Waals surface area contributed by atoms with Crippen molar-refractivity contribution < 1.29 is 0 Å². The highest BCUT2D eigenvalue weighted by Crippen LogP contribution is 2.04. The van der Waals surface area contributed by atoms with Gasteiger partial charge in [0.25, 0.3) is 5.56 Å². The maximum Gasteiger partial charge on any atom is 0.293 e. The summed E-state index contributed by atoms with van der Waals surface area (Å²) in [6.45, 7) is 11.0. The van der Waals surface area contributed by atoms with Crippen molar-refractivity contribution in [3.63, 3.8) is 0 Å². The van der Waals surface area contributed by atoms with Crippen LogP contribution in [0.1, 0.15) is 33.7 Å². The summed E-state index contributed by atoms with van der Waals surface area (Å²) in [4.78, 5) is 18.3. The average Bonchev–Trinajstić information content (AvgIpc) is 2.34. The lowest BCUT2D eigenvalue weighted by molar-refractivity contribution is 0.550. The number of likely N-dealkylation sites (N-methyl/N-ethyl adjacent to an activating group) is 1. The van der Waals surface area contributed by atoms with Crippen molar-refractivity contribution in [1.82, 2.24) is 14.9 Å². The summed E-state index contributed by atoms with van der Waals surface area (Å²) in [6.07, 6.45) is 3.43. The van der Waals surface area contributed by atoms with Gasteiger partial charge in [-0.1, -0.05) is 13.8 Å². The maximum atomic E-state index is 12.2. The lowest BCUT2D eigenvalue weighted by Crippen LogP contribution is -2.36. The van der Waals surface area contributed by atoms with Gasteiger partial charge in [0.15, 0.2) is 5.82 Å². The Morgan fingerprint density at radius 2 is 2.05 bits per heavy atom. The standard InChI is InChI=1S/C14H26N4O/c1-11(2)10-15-6-8-17(5)13-14(19)18(12(3)4)9-7-16-13/h7,9,11-12,15H,6,8,10H2,1-5H3. The number of anilines is 1. The van der Waals surface area contributed by atoms with Crippen LogP contribution in [0.25, 0.3) is 0 Å². The highest BCUT2D eigenvalue weighted by atomic mass is 16.1. The predicted molar refractivity (Wildman–Crippen MR) is 79.9 cm³/mol. The van der Waals surface area contributed by atoms with Crippen LogP contribution in [-0.4, -0.2) is 36.2 Å². The van der Waals surface area contributed by atoms with E-state index in [4.69, 9.17) is 0 Å². The van der Waals surface area contributed by atoms with Crippen LogP contribution in [-0.2, 0) is 0 Å². The lowest BCUT2D eigenvalue weighted by atomic mass is 10.2. The Labute approximate surface area is 115 Å². The first-order chi connectivity index (χ1) is 8.93. The van der Waals surface area contributed by atoms with Crippen LogP contribution in [0.3, 0.4) is 0 Å². The number of nitrogens with zero attached hydrogens (tertiary/aromatic N) is 3. The molecule has 0 fully saturated rings. The molecule has 5 heteroatoms. The normalized spacial score (nSPS) is 11.3. The van der Waals surface area contributed by atoms with Crippen molar-refractivity contribution in [2.45, 2.75) is 33.7 Å². The molecule has 108 valence electrons. The summed E-state index contributed by atoms with van der Waals surface area (Å²) in [5.74, 6) is 1.15. The van der Waals surface area contributed by atoms with E-state index in [1.54, 1.807) is 17.0 Å². The molecule has 0 aliphatic carbocycles. The molecule has 0 unspecified atom stereocenters. The molecule has 0 spiro atoms. The van der Waals surface area contributed by atoms with Gasteiger partial charge in [-0.05, 0) is 26.3 Å². The minimum atomic E-state index is -0.0242. The molecule has 1 N–H and O–H groups in total. The zero-order chi connectivity index (χ0) is 14.4. The number of aromatic nitrogens is 2. The number of nitrogens with one attached hydrogen (secondary N) is 1. The second-order valence-corrected chi connectivity index (χ2v) is 5.58. The summed E-state index contributed by atoms with van der Waals surface area (Å²) in [7, 11) is 1.91. The fourth-order valence-electron chi connectivity index (χ4n) is 1.83. The van der Waals surface area contributed by atoms with Gasteiger partial charge in [-0.25, -0.2) is 4.98 Å². The molecule has 19 heavy (non-hydrogen) atoms. The molecule has 1 aromatic rings. The van der Waals surface area contributed by atoms with Crippen LogP contribution in [0.2, 0.25) is 0 Å². The summed E-state index contributed by atoms with van der Waals surface area (Å²) in [6, 6.07) is 0.154. The molecular weight excluding hydrogens is 240 g/mol. The quantitative estimate of drug-likeness (QED) is 0.760. The molecule has 0 saturated carbocycles. The Morgan fingerprint density at radius 1 is 1.37 bits per heavy atom. The fourth-order valence-corrected chi connectivity index (χ4v) is 1.83. The molecule has 0 aliphatic heterocycles. The van der Waals surface area contributed by atoms with Crippen LogP contribution in [0.5, 0.6) is 0 Å². The van der Waals surface area contributed by atoms with Crippen molar-refractivity contribution in [2.24, 2.45) is 5.92 Å². The Hall–Kier alpha value is -1.36. The van der Waals surface area contributed by atoms with E-state index >= 15 is 0 Å². The number of rotatable bonds is 7. The van der Waals surface area contributed by atoms with Crippen molar-refractivity contribution >= 4 is 5.82 Å². The molecule has 1 aromatic heterocycles. The van der Waals surface area contributed by atoms with Crippen LogP contribution in [0.15, 0.2) is 17.2 Å². The number of hydrogen-bond donors (Lipinski definition) is 1. The second-order valence-electron chi connectivity index (χ2n) is 5.58. The van der Waals surface area contributed by atoms with E-state index in [0.29, 0.717) is 11.7 Å². The molecule has 0 aliphatic rings. The maximum absolute atomic E-state index is 12.2. The second kappa shape index (κ2) is 7.28. The Balaban J connectivity index is 2.64. The van der Waals surface area contributed by atoms with Gasteiger partial charge in [0.1, 0.15) is 0 Å². The molecule has 0 atom stereocenters. The fraction of sp³-hybridized carbons (Fsp3) is 0.714. The van der Waals surface area contributed by atoms with Crippen molar-refractivity contribution in [3.05, 3.63) is 22.7 Å². The first-order valence-electron chi connectivity index (χ1n) is 6.92. The summed E-state index contributed by atoms with van der Waals surface area (Å²) >= 11 is 0. The van der Waals surface area contributed by atoms with Crippen LogP contribution in [0, 0.1) is 5.92 Å². The molecule has 1 rings (SSSR count). The molecule has 0 aromatic carbocycles. The highest BCUT2D eigenvalue weighted by molar-refractivity contribution is 5.34. The summed E-state index contributed by atoms with van der Waals surface area (Å²) in [5, 5.41) is 3.36. The average molecular weight is 266 g/mol.